The van der Waals surface area contributed by atoms with Crippen LogP contribution in [0.4, 0.5) is 21.9 Å². The van der Waals surface area contributed by atoms with E-state index in [-0.39, 0.29) is 6.03 Å². The first-order valence-corrected chi connectivity index (χ1v) is 12.9. The lowest BCUT2D eigenvalue weighted by Gasteiger charge is -2.28. The Hall–Kier alpha value is -3.02. The first-order valence-electron chi connectivity index (χ1n) is 12.9. The van der Waals surface area contributed by atoms with Crippen LogP contribution in [0.25, 0.3) is 0 Å². The van der Waals surface area contributed by atoms with E-state index in [0.717, 1.165) is 83.5 Å². The van der Waals surface area contributed by atoms with E-state index in [1.807, 2.05) is 0 Å². The fraction of sp³-hybridized carbons (Fsp3) is 0.600. The molecular formula is C25H39N7O4. The molecule has 2 amide bonds. The van der Waals surface area contributed by atoms with Gasteiger partial charge in [-0.15, -0.1) is 0 Å². The highest BCUT2D eigenvalue weighted by atomic mass is 16.5. The van der Waals surface area contributed by atoms with Crippen molar-refractivity contribution in [3.05, 3.63) is 45.0 Å². The van der Waals surface area contributed by atoms with Crippen LogP contribution in [0.5, 0.6) is 0 Å². The average Bonchev–Trinajstić information content (AvgIpc) is 2.92. The maximum absolute atomic E-state index is 12.1. The SMILES string of the molecule is NNC(=O)N(CCCCCCCCNc1c(Nc2ccncc2)c(=O)c1=O)CCCN1CCOCC1. The Morgan fingerprint density at radius 2 is 1.58 bits per heavy atom. The number of aromatic nitrogens is 1. The first-order chi connectivity index (χ1) is 17.6. The molecule has 36 heavy (non-hydrogen) atoms. The van der Waals surface area contributed by atoms with E-state index < -0.39 is 10.9 Å². The third kappa shape index (κ3) is 8.58. The number of nitrogens with one attached hydrogen (secondary N) is 3. The van der Waals surface area contributed by atoms with E-state index in [9.17, 15) is 14.4 Å². The molecule has 1 aromatic carbocycles. The van der Waals surface area contributed by atoms with Gasteiger partial charge in [-0.1, -0.05) is 25.7 Å². The summed E-state index contributed by atoms with van der Waals surface area (Å²) < 4.78 is 5.37. The molecule has 0 aliphatic carbocycles. The van der Waals surface area contributed by atoms with Crippen molar-refractivity contribution in [3.63, 3.8) is 0 Å². The summed E-state index contributed by atoms with van der Waals surface area (Å²) in [6.45, 7) is 6.47. The van der Waals surface area contributed by atoms with Crippen LogP contribution in [0.15, 0.2) is 34.1 Å². The molecule has 11 nitrogen and oxygen atoms in total. The molecule has 0 unspecified atom stereocenters. The minimum absolute atomic E-state index is 0.223. The number of unbranched alkanes of at least 4 members (excludes halogenated alkanes) is 5. The molecule has 0 saturated carbocycles. The Balaban J connectivity index is 1.24. The monoisotopic (exact) mass is 501 g/mol. The number of urea groups is 1. The van der Waals surface area contributed by atoms with Crippen LogP contribution in [0.1, 0.15) is 44.9 Å². The van der Waals surface area contributed by atoms with Gasteiger partial charge in [-0.25, -0.2) is 10.6 Å². The molecule has 198 valence electrons. The molecule has 0 atom stereocenters. The number of hydrogen-bond acceptors (Lipinski definition) is 9. The molecule has 3 rings (SSSR count). The molecule has 0 radical (unpaired) electrons. The van der Waals surface area contributed by atoms with Gasteiger partial charge in [0.25, 0.3) is 10.9 Å². The highest BCUT2D eigenvalue weighted by molar-refractivity contribution is 5.78. The number of hydrogen-bond donors (Lipinski definition) is 4. The van der Waals surface area contributed by atoms with Gasteiger partial charge in [-0.2, -0.15) is 0 Å². The van der Waals surface area contributed by atoms with Crippen LogP contribution in [0.3, 0.4) is 0 Å². The van der Waals surface area contributed by atoms with Crippen LogP contribution >= 0.6 is 0 Å². The third-order valence-electron chi connectivity index (χ3n) is 6.43. The quantitative estimate of drug-likeness (QED) is 0.0890. The van der Waals surface area contributed by atoms with Crippen LogP contribution < -0.4 is 32.8 Å². The summed E-state index contributed by atoms with van der Waals surface area (Å²) in [6, 6.07) is 3.26. The van der Waals surface area contributed by atoms with Crippen LogP contribution in [-0.4, -0.2) is 73.3 Å². The van der Waals surface area contributed by atoms with Gasteiger partial charge in [0.05, 0.1) is 13.2 Å². The number of carbonyl (C=O) groups excluding carboxylic acids is 1. The Labute approximate surface area is 212 Å². The Kier molecular flexibility index (Phi) is 11.6. The summed E-state index contributed by atoms with van der Waals surface area (Å²) in [6.07, 6.45) is 10.3. The number of anilines is 3. The van der Waals surface area contributed by atoms with Gasteiger partial charge in [-0.05, 0) is 31.4 Å². The maximum Gasteiger partial charge on any atom is 0.331 e. The third-order valence-corrected chi connectivity index (χ3v) is 6.43. The number of carbonyl (C=O) groups is 1. The molecule has 5 N–H and O–H groups in total. The van der Waals surface area contributed by atoms with Crippen molar-refractivity contribution in [3.8, 4) is 0 Å². The minimum Gasteiger partial charge on any atom is -0.380 e. The number of morpholine rings is 1. The Morgan fingerprint density at radius 1 is 0.944 bits per heavy atom. The van der Waals surface area contributed by atoms with Crippen LogP contribution in [0, 0.1) is 0 Å². The maximum atomic E-state index is 12.1. The molecule has 0 spiro atoms. The molecule has 1 aliphatic rings. The van der Waals surface area contributed by atoms with Gasteiger partial charge in [0, 0.05) is 57.3 Å². The Morgan fingerprint density at radius 3 is 2.31 bits per heavy atom. The van der Waals surface area contributed by atoms with Crippen molar-refractivity contribution in [1.29, 1.82) is 0 Å². The topological polar surface area (TPSA) is 142 Å². The second-order valence-corrected chi connectivity index (χ2v) is 9.06. The molecule has 0 bridgehead atoms. The van der Waals surface area contributed by atoms with Crippen molar-refractivity contribution < 1.29 is 9.53 Å². The lowest BCUT2D eigenvalue weighted by molar-refractivity contribution is 0.0365. The van der Waals surface area contributed by atoms with Crippen molar-refractivity contribution in [2.45, 2.75) is 44.9 Å². The number of rotatable bonds is 16. The van der Waals surface area contributed by atoms with Gasteiger partial charge < -0.3 is 20.3 Å². The Bertz CT molecular complexity index is 988. The van der Waals surface area contributed by atoms with E-state index in [0.29, 0.717) is 31.0 Å². The van der Waals surface area contributed by atoms with E-state index >= 15 is 0 Å². The van der Waals surface area contributed by atoms with Gasteiger partial charge in [0.15, 0.2) is 0 Å². The van der Waals surface area contributed by atoms with Crippen molar-refractivity contribution in [2.75, 3.05) is 63.1 Å². The number of nitrogens with two attached hydrogens (primary N) is 1. The summed E-state index contributed by atoms with van der Waals surface area (Å²) in [4.78, 5) is 44.0. The summed E-state index contributed by atoms with van der Waals surface area (Å²) in [5, 5.41) is 6.10. The molecule has 2 heterocycles. The molecule has 11 heteroatoms. The summed E-state index contributed by atoms with van der Waals surface area (Å²) in [7, 11) is 0. The number of amides is 2. The zero-order valence-electron chi connectivity index (χ0n) is 21.0. The highest BCUT2D eigenvalue weighted by Gasteiger charge is 2.20. The first kappa shape index (κ1) is 27.6. The normalized spacial score (nSPS) is 14.0. The fourth-order valence-electron chi connectivity index (χ4n) is 4.32. The summed E-state index contributed by atoms with van der Waals surface area (Å²) >= 11 is 0. The van der Waals surface area contributed by atoms with E-state index in [2.05, 4.69) is 25.9 Å². The van der Waals surface area contributed by atoms with Crippen molar-refractivity contribution >= 4 is 23.1 Å². The van der Waals surface area contributed by atoms with E-state index in [4.69, 9.17) is 10.6 Å². The van der Waals surface area contributed by atoms with Gasteiger partial charge in [0.2, 0.25) is 0 Å². The number of nitrogens with zero attached hydrogens (tertiary/aromatic N) is 3. The summed E-state index contributed by atoms with van der Waals surface area (Å²) in [5.74, 6) is 5.36. The molecule has 1 fully saturated rings. The smallest absolute Gasteiger partial charge is 0.331 e. The van der Waals surface area contributed by atoms with Crippen LogP contribution in [-0.2, 0) is 4.74 Å². The number of ether oxygens (including phenoxy) is 1. The predicted molar refractivity (Wildman–Crippen MR) is 141 cm³/mol. The molecule has 1 aromatic heterocycles. The van der Waals surface area contributed by atoms with Gasteiger partial charge in [-0.3, -0.25) is 24.9 Å². The largest absolute Gasteiger partial charge is 0.380 e. The van der Waals surface area contributed by atoms with Crippen LogP contribution in [0.2, 0.25) is 0 Å². The number of hydrazine groups is 1. The fourth-order valence-corrected chi connectivity index (χ4v) is 4.32. The van der Waals surface area contributed by atoms with Crippen molar-refractivity contribution in [2.24, 2.45) is 5.84 Å². The molecule has 1 aliphatic heterocycles. The lowest BCUT2D eigenvalue weighted by Crippen LogP contribution is -2.45. The highest BCUT2D eigenvalue weighted by Crippen LogP contribution is 2.20. The lowest BCUT2D eigenvalue weighted by atomic mass is 10.1. The summed E-state index contributed by atoms with van der Waals surface area (Å²) in [5.41, 5.74) is 2.71. The van der Waals surface area contributed by atoms with E-state index in [1.165, 1.54) is 0 Å². The predicted octanol–water partition coefficient (Wildman–Crippen LogP) is 1.78. The number of pyridine rings is 1. The zero-order valence-corrected chi connectivity index (χ0v) is 21.0. The molecule has 1 saturated heterocycles. The van der Waals surface area contributed by atoms with E-state index in [1.54, 1.807) is 29.4 Å². The van der Waals surface area contributed by atoms with Gasteiger partial charge >= 0.3 is 6.03 Å². The standard InChI is InChI=1S/C25H39N7O4/c26-30-25(35)32(15-7-13-31-16-18-36-19-17-31)14-6-4-2-1-3-5-10-28-21-22(24(34)23(21)33)29-20-8-11-27-12-9-20/h8-9,11-12,28H,1-7,10,13-19,26H2,(H,27,29)(H,30,35). The average molecular weight is 502 g/mol. The molecule has 2 aromatic rings. The van der Waals surface area contributed by atoms with Gasteiger partial charge in [0.1, 0.15) is 11.4 Å². The molecular weight excluding hydrogens is 462 g/mol. The van der Waals surface area contributed by atoms with Crippen molar-refractivity contribution in [1.82, 2.24) is 20.2 Å². The minimum atomic E-state index is -0.493. The zero-order chi connectivity index (χ0) is 25.6. The second kappa shape index (κ2) is 15.2. The second-order valence-electron chi connectivity index (χ2n) is 9.06.